The second-order valence-corrected chi connectivity index (χ2v) is 9.44. The van der Waals surface area contributed by atoms with Gasteiger partial charge in [-0.1, -0.05) is 61.0 Å². The molecular weight excluding hydrogens is 438 g/mol. The van der Waals surface area contributed by atoms with Crippen molar-refractivity contribution in [3.63, 3.8) is 0 Å². The summed E-state index contributed by atoms with van der Waals surface area (Å²) in [4.78, 5) is 0. The van der Waals surface area contributed by atoms with Gasteiger partial charge in [0.1, 0.15) is 11.6 Å². The second kappa shape index (κ2) is 9.46. The highest BCUT2D eigenvalue weighted by Crippen LogP contribution is 2.29. The molecular formula is C31H28F2N2. The maximum atomic E-state index is 14.3. The fourth-order valence-corrected chi connectivity index (χ4v) is 4.67. The molecule has 0 aliphatic carbocycles. The molecule has 0 fully saturated rings. The van der Waals surface area contributed by atoms with E-state index in [2.05, 4.69) is 50.2 Å². The third kappa shape index (κ3) is 4.88. The molecule has 5 rings (SSSR count). The highest BCUT2D eigenvalue weighted by atomic mass is 19.1. The molecule has 0 bridgehead atoms. The summed E-state index contributed by atoms with van der Waals surface area (Å²) < 4.78 is 27.6. The molecule has 1 aliphatic heterocycles. The molecule has 176 valence electrons. The summed E-state index contributed by atoms with van der Waals surface area (Å²) in [6.07, 6.45) is 0.809. The number of hydrazone groups is 1. The summed E-state index contributed by atoms with van der Waals surface area (Å²) in [5, 5.41) is 6.83. The minimum Gasteiger partial charge on any atom is -0.265 e. The normalized spacial score (nSPS) is 15.4. The van der Waals surface area contributed by atoms with E-state index >= 15 is 0 Å². The van der Waals surface area contributed by atoms with Crippen LogP contribution in [-0.4, -0.2) is 12.3 Å². The van der Waals surface area contributed by atoms with E-state index in [4.69, 9.17) is 5.10 Å². The number of hydrogen-bond donors (Lipinski definition) is 0. The van der Waals surface area contributed by atoms with Crippen LogP contribution in [0, 0.1) is 31.4 Å². The summed E-state index contributed by atoms with van der Waals surface area (Å²) >= 11 is 0. The zero-order valence-corrected chi connectivity index (χ0v) is 20.2. The molecule has 2 nitrogen and oxygen atoms in total. The molecule has 35 heavy (non-hydrogen) atoms. The Morgan fingerprint density at radius 1 is 0.829 bits per heavy atom. The van der Waals surface area contributed by atoms with Gasteiger partial charge in [-0.25, -0.2) is 8.78 Å². The molecule has 0 amide bonds. The first-order chi connectivity index (χ1) is 16.9. The van der Waals surface area contributed by atoms with Crippen LogP contribution in [0.3, 0.4) is 0 Å². The van der Waals surface area contributed by atoms with Crippen LogP contribution in [0.5, 0.6) is 0 Å². The van der Waals surface area contributed by atoms with Crippen LogP contribution in [0.4, 0.5) is 14.5 Å². The Morgan fingerprint density at radius 2 is 1.54 bits per heavy atom. The van der Waals surface area contributed by atoms with Crippen molar-refractivity contribution in [3.05, 3.63) is 124 Å². The van der Waals surface area contributed by atoms with Gasteiger partial charge in [0.05, 0.1) is 11.4 Å². The van der Waals surface area contributed by atoms with E-state index in [1.165, 1.54) is 29.3 Å². The van der Waals surface area contributed by atoms with Crippen molar-refractivity contribution in [2.24, 2.45) is 11.0 Å². The number of halogens is 2. The van der Waals surface area contributed by atoms with Crippen LogP contribution >= 0.6 is 0 Å². The molecule has 0 N–H and O–H groups in total. The molecule has 1 atom stereocenters. The van der Waals surface area contributed by atoms with Crippen molar-refractivity contribution in [2.75, 3.05) is 11.6 Å². The molecule has 0 spiro atoms. The van der Waals surface area contributed by atoms with E-state index in [0.29, 0.717) is 5.56 Å². The SMILES string of the molecule is Cc1ccc(F)c(-c2ccc(Cc3ccc(N4C[C@H](C)C(c5ccc(F)cc5)=N4)cc3)c(C)c2)c1. The van der Waals surface area contributed by atoms with E-state index in [1.54, 1.807) is 18.2 Å². The minimum atomic E-state index is -0.236. The van der Waals surface area contributed by atoms with Crippen LogP contribution in [0.2, 0.25) is 0 Å². The van der Waals surface area contributed by atoms with Crippen LogP contribution in [0.25, 0.3) is 11.1 Å². The molecule has 1 heterocycles. The molecule has 4 heteroatoms. The van der Waals surface area contributed by atoms with Gasteiger partial charge in [0.15, 0.2) is 0 Å². The van der Waals surface area contributed by atoms with Gasteiger partial charge in [0.25, 0.3) is 0 Å². The number of aryl methyl sites for hydroxylation is 2. The predicted octanol–water partition coefficient (Wildman–Crippen LogP) is 7.70. The molecule has 4 aromatic carbocycles. The maximum absolute atomic E-state index is 14.3. The summed E-state index contributed by atoms with van der Waals surface area (Å²) in [7, 11) is 0. The Hall–Kier alpha value is -3.79. The standard InChI is InChI=1S/C31H28F2N2/c1-20-4-15-30(33)29(16-20)26-8-7-25(21(2)17-26)18-23-5-13-28(14-6-23)35-19-22(3)31(34-35)24-9-11-27(32)12-10-24/h4-17,22H,18-19H2,1-3H3/t22-/m0/s1. The number of hydrogen-bond acceptors (Lipinski definition) is 2. The zero-order chi connectivity index (χ0) is 24.5. The molecule has 0 unspecified atom stereocenters. The van der Waals surface area contributed by atoms with E-state index < -0.39 is 0 Å². The first-order valence-electron chi connectivity index (χ1n) is 11.9. The Labute approximate surface area is 205 Å². The van der Waals surface area contributed by atoms with E-state index in [-0.39, 0.29) is 17.6 Å². The van der Waals surface area contributed by atoms with Crippen molar-refractivity contribution in [2.45, 2.75) is 27.2 Å². The third-order valence-corrected chi connectivity index (χ3v) is 6.69. The predicted molar refractivity (Wildman–Crippen MR) is 140 cm³/mol. The number of rotatable bonds is 5. The Morgan fingerprint density at radius 3 is 2.26 bits per heavy atom. The van der Waals surface area contributed by atoms with Gasteiger partial charge >= 0.3 is 0 Å². The lowest BCUT2D eigenvalue weighted by atomic mass is 9.95. The number of anilines is 1. The first kappa shape index (κ1) is 23.0. The average Bonchev–Trinajstić information content (AvgIpc) is 3.24. The smallest absolute Gasteiger partial charge is 0.131 e. The molecule has 0 saturated carbocycles. The van der Waals surface area contributed by atoms with Crippen LogP contribution in [-0.2, 0) is 6.42 Å². The van der Waals surface area contributed by atoms with Crippen LogP contribution < -0.4 is 5.01 Å². The van der Waals surface area contributed by atoms with Gasteiger partial charge in [-0.3, -0.25) is 5.01 Å². The van der Waals surface area contributed by atoms with Gasteiger partial charge in [-0.15, -0.1) is 0 Å². The Bertz CT molecular complexity index is 1390. The van der Waals surface area contributed by atoms with Crippen molar-refractivity contribution in [1.29, 1.82) is 0 Å². The van der Waals surface area contributed by atoms with Crippen molar-refractivity contribution >= 4 is 11.4 Å². The van der Waals surface area contributed by atoms with Crippen molar-refractivity contribution in [3.8, 4) is 11.1 Å². The Kier molecular flexibility index (Phi) is 6.21. The molecule has 1 aliphatic rings. The number of nitrogens with zero attached hydrogens (tertiary/aromatic N) is 2. The quantitative estimate of drug-likeness (QED) is 0.294. The van der Waals surface area contributed by atoms with E-state index in [1.807, 2.05) is 24.1 Å². The summed E-state index contributed by atoms with van der Waals surface area (Å²) in [5.41, 5.74) is 9.16. The number of benzene rings is 4. The van der Waals surface area contributed by atoms with Gasteiger partial charge in [-0.2, -0.15) is 5.10 Å². The van der Waals surface area contributed by atoms with E-state index in [0.717, 1.165) is 46.6 Å². The Balaban J connectivity index is 1.32. The van der Waals surface area contributed by atoms with Gasteiger partial charge in [0.2, 0.25) is 0 Å². The fourth-order valence-electron chi connectivity index (χ4n) is 4.67. The lowest BCUT2D eigenvalue weighted by Crippen LogP contribution is -2.17. The molecule has 0 aromatic heterocycles. The molecule has 0 radical (unpaired) electrons. The second-order valence-electron chi connectivity index (χ2n) is 9.44. The molecule has 0 saturated heterocycles. The average molecular weight is 467 g/mol. The monoisotopic (exact) mass is 466 g/mol. The lowest BCUT2D eigenvalue weighted by molar-refractivity contribution is 0.627. The summed E-state index contributed by atoms with van der Waals surface area (Å²) in [6.45, 7) is 7.00. The fraction of sp³-hybridized carbons (Fsp3) is 0.194. The van der Waals surface area contributed by atoms with E-state index in [9.17, 15) is 8.78 Å². The highest BCUT2D eigenvalue weighted by molar-refractivity contribution is 6.04. The van der Waals surface area contributed by atoms with Crippen LogP contribution in [0.15, 0.2) is 90.0 Å². The third-order valence-electron chi connectivity index (χ3n) is 6.69. The van der Waals surface area contributed by atoms with Crippen molar-refractivity contribution in [1.82, 2.24) is 0 Å². The van der Waals surface area contributed by atoms with Gasteiger partial charge in [-0.05, 0) is 84.5 Å². The molecule has 4 aromatic rings. The van der Waals surface area contributed by atoms with Crippen molar-refractivity contribution < 1.29 is 8.78 Å². The minimum absolute atomic E-state index is 0.195. The summed E-state index contributed by atoms with van der Waals surface area (Å²) in [6, 6.07) is 26.4. The maximum Gasteiger partial charge on any atom is 0.131 e. The zero-order valence-electron chi connectivity index (χ0n) is 20.2. The van der Waals surface area contributed by atoms with Gasteiger partial charge < -0.3 is 0 Å². The van der Waals surface area contributed by atoms with Crippen LogP contribution in [0.1, 0.15) is 34.7 Å². The summed E-state index contributed by atoms with van der Waals surface area (Å²) in [5.74, 6) is -0.168. The lowest BCUT2D eigenvalue weighted by Gasteiger charge is -2.15. The topological polar surface area (TPSA) is 15.6 Å². The first-order valence-corrected chi connectivity index (χ1v) is 11.9. The highest BCUT2D eigenvalue weighted by Gasteiger charge is 2.25. The van der Waals surface area contributed by atoms with Gasteiger partial charge in [0, 0.05) is 18.0 Å². The largest absolute Gasteiger partial charge is 0.265 e.